The molecule has 0 aliphatic heterocycles. The Morgan fingerprint density at radius 3 is 2.92 bits per heavy atom. The molecular weight excluding hydrogens is 154 g/mol. The van der Waals surface area contributed by atoms with Gasteiger partial charge in [-0.25, -0.2) is 0 Å². The van der Waals surface area contributed by atoms with Gasteiger partial charge < -0.3 is 4.74 Å². The van der Waals surface area contributed by atoms with Crippen LogP contribution in [0.2, 0.25) is 0 Å². The van der Waals surface area contributed by atoms with E-state index in [1.165, 1.54) is 13.2 Å². The van der Waals surface area contributed by atoms with E-state index in [4.69, 9.17) is 5.26 Å². The average Bonchev–Trinajstić information content (AvgIpc) is 2.17. The molecule has 0 amide bonds. The van der Waals surface area contributed by atoms with Crippen molar-refractivity contribution in [3.8, 4) is 6.07 Å². The minimum Gasteiger partial charge on any atom is -0.349 e. The summed E-state index contributed by atoms with van der Waals surface area (Å²) in [6, 6.07) is 8.43. The van der Waals surface area contributed by atoms with Gasteiger partial charge in [0.15, 0.2) is 0 Å². The predicted octanol–water partition coefficient (Wildman–Crippen LogP) is 1.63. The molecule has 0 spiro atoms. The first-order chi connectivity index (χ1) is 5.77. The number of ether oxygens (including phenoxy) is 1. The maximum atomic E-state index is 11.0. The van der Waals surface area contributed by atoms with Crippen molar-refractivity contribution in [3.05, 3.63) is 35.4 Å². The lowest BCUT2D eigenvalue weighted by Crippen LogP contribution is -1.97. The Morgan fingerprint density at radius 1 is 1.58 bits per heavy atom. The Morgan fingerprint density at radius 2 is 2.33 bits per heavy atom. The second-order valence-electron chi connectivity index (χ2n) is 2.30. The van der Waals surface area contributed by atoms with E-state index in [-0.39, 0.29) is 0 Å². The van der Waals surface area contributed by atoms with Crippen molar-refractivity contribution >= 4 is 0 Å². The minimum atomic E-state index is -1.20. The molecule has 1 radical (unpaired) electrons. The molecule has 0 bridgehead atoms. The van der Waals surface area contributed by atoms with Gasteiger partial charge in [0.2, 0.25) is 6.29 Å². The average molecular weight is 162 g/mol. The van der Waals surface area contributed by atoms with Crippen LogP contribution < -0.4 is 0 Å². The van der Waals surface area contributed by atoms with Crippen LogP contribution >= 0.6 is 0 Å². The van der Waals surface area contributed by atoms with E-state index >= 15 is 0 Å². The number of hydrogen-bond donors (Lipinski definition) is 0. The van der Waals surface area contributed by atoms with Crippen LogP contribution in [-0.4, -0.2) is 7.11 Å². The first kappa shape index (κ1) is 8.72. The number of nitrogens with zero attached hydrogens (tertiary/aromatic N) is 1. The number of rotatable bonds is 2. The summed E-state index contributed by atoms with van der Waals surface area (Å²) in [6.07, 6.45) is -1.20. The van der Waals surface area contributed by atoms with Crippen molar-refractivity contribution in [1.82, 2.24) is 0 Å². The normalized spacial score (nSPS) is 12.1. The predicted molar refractivity (Wildman–Crippen MR) is 41.6 cm³/mol. The smallest absolute Gasteiger partial charge is 0.217 e. The maximum Gasteiger partial charge on any atom is 0.217 e. The summed E-state index contributed by atoms with van der Waals surface area (Å²) in [6.45, 7) is 0. The third-order valence-electron chi connectivity index (χ3n) is 1.50. The van der Waals surface area contributed by atoms with Crippen molar-refractivity contribution in [2.75, 3.05) is 7.11 Å². The molecule has 0 N–H and O–H groups in total. The topological polar surface area (TPSA) is 52.9 Å². The Labute approximate surface area is 70.8 Å². The van der Waals surface area contributed by atoms with Crippen molar-refractivity contribution in [2.45, 2.75) is 6.29 Å². The fourth-order valence-electron chi connectivity index (χ4n) is 0.891. The van der Waals surface area contributed by atoms with Crippen LogP contribution in [0.3, 0.4) is 0 Å². The quantitative estimate of drug-likeness (QED) is 0.620. The molecule has 61 valence electrons. The zero-order chi connectivity index (χ0) is 8.97. The molecule has 12 heavy (non-hydrogen) atoms. The molecular formula is C9H8NO2. The van der Waals surface area contributed by atoms with Gasteiger partial charge in [-0.3, -0.25) is 0 Å². The summed E-state index contributed by atoms with van der Waals surface area (Å²) in [5.41, 5.74) is 0.960. The van der Waals surface area contributed by atoms with Gasteiger partial charge in [-0.2, -0.15) is 10.4 Å². The zero-order valence-corrected chi connectivity index (χ0v) is 6.65. The van der Waals surface area contributed by atoms with Gasteiger partial charge in [0.05, 0.1) is 11.6 Å². The number of benzene rings is 1. The van der Waals surface area contributed by atoms with Gasteiger partial charge >= 0.3 is 0 Å². The molecule has 3 nitrogen and oxygen atoms in total. The summed E-state index contributed by atoms with van der Waals surface area (Å²) in [5, 5.41) is 19.6. The number of nitriles is 1. The van der Waals surface area contributed by atoms with Gasteiger partial charge in [0.25, 0.3) is 0 Å². The lowest BCUT2D eigenvalue weighted by Gasteiger charge is -2.05. The Balaban J connectivity index is 2.95. The molecule has 0 aromatic heterocycles. The van der Waals surface area contributed by atoms with Gasteiger partial charge in [0.1, 0.15) is 0 Å². The molecule has 1 atom stereocenters. The van der Waals surface area contributed by atoms with Gasteiger partial charge in [-0.1, -0.05) is 12.1 Å². The fraction of sp³-hybridized carbons (Fsp3) is 0.222. The van der Waals surface area contributed by atoms with Gasteiger partial charge in [-0.05, 0) is 12.1 Å². The van der Waals surface area contributed by atoms with E-state index in [1.54, 1.807) is 18.2 Å². The molecule has 0 saturated carbocycles. The molecule has 1 aromatic rings. The van der Waals surface area contributed by atoms with E-state index in [0.29, 0.717) is 11.1 Å². The first-order valence-corrected chi connectivity index (χ1v) is 3.46. The molecule has 0 saturated heterocycles. The molecule has 0 aliphatic rings. The molecule has 3 heteroatoms. The molecule has 1 aromatic carbocycles. The van der Waals surface area contributed by atoms with Crippen molar-refractivity contribution in [2.24, 2.45) is 0 Å². The Bertz CT molecular complexity index is 304. The standard InChI is InChI=1S/C9H8NO2/c1-12-9(11)8-4-2-3-7(5-8)6-10/h2-5,9H,1H3. The summed E-state index contributed by atoms with van der Waals surface area (Å²) in [5.74, 6) is 0. The van der Waals surface area contributed by atoms with Crippen LogP contribution in [0.15, 0.2) is 24.3 Å². The van der Waals surface area contributed by atoms with Crippen molar-refractivity contribution < 1.29 is 9.84 Å². The lowest BCUT2D eigenvalue weighted by atomic mass is 10.1. The van der Waals surface area contributed by atoms with E-state index in [2.05, 4.69) is 4.74 Å². The molecule has 1 rings (SSSR count). The SMILES string of the molecule is COC([O])c1cccc(C#N)c1. The summed E-state index contributed by atoms with van der Waals surface area (Å²) in [4.78, 5) is 0. The van der Waals surface area contributed by atoms with E-state index in [1.807, 2.05) is 6.07 Å². The third kappa shape index (κ3) is 1.82. The third-order valence-corrected chi connectivity index (χ3v) is 1.50. The summed E-state index contributed by atoms with van der Waals surface area (Å²) in [7, 11) is 1.34. The molecule has 0 aliphatic carbocycles. The van der Waals surface area contributed by atoms with E-state index in [9.17, 15) is 5.11 Å². The number of hydrogen-bond acceptors (Lipinski definition) is 2. The van der Waals surface area contributed by atoms with Crippen LogP contribution in [0, 0.1) is 11.3 Å². The fourth-order valence-corrected chi connectivity index (χ4v) is 0.891. The highest BCUT2D eigenvalue weighted by Gasteiger charge is 2.06. The lowest BCUT2D eigenvalue weighted by molar-refractivity contribution is -0.123. The zero-order valence-electron chi connectivity index (χ0n) is 6.65. The van der Waals surface area contributed by atoms with Crippen LogP contribution in [0.1, 0.15) is 17.4 Å². The van der Waals surface area contributed by atoms with E-state index < -0.39 is 6.29 Å². The van der Waals surface area contributed by atoms with Crippen molar-refractivity contribution in [3.63, 3.8) is 0 Å². The van der Waals surface area contributed by atoms with Crippen LogP contribution in [0.5, 0.6) is 0 Å². The van der Waals surface area contributed by atoms with Crippen LogP contribution in [0.25, 0.3) is 0 Å². The van der Waals surface area contributed by atoms with Crippen molar-refractivity contribution in [1.29, 1.82) is 5.26 Å². The van der Waals surface area contributed by atoms with Gasteiger partial charge in [-0.15, -0.1) is 0 Å². The van der Waals surface area contributed by atoms with Crippen LogP contribution in [0.4, 0.5) is 0 Å². The maximum absolute atomic E-state index is 11.0. The first-order valence-electron chi connectivity index (χ1n) is 3.46. The molecule has 0 fully saturated rings. The Kier molecular flexibility index (Phi) is 2.81. The van der Waals surface area contributed by atoms with Gasteiger partial charge in [0, 0.05) is 12.7 Å². The highest BCUT2D eigenvalue weighted by molar-refractivity contribution is 5.33. The Hall–Kier alpha value is -1.37. The van der Waals surface area contributed by atoms with Crippen LogP contribution in [-0.2, 0) is 9.84 Å². The molecule has 0 heterocycles. The largest absolute Gasteiger partial charge is 0.349 e. The number of methoxy groups -OCH3 is 1. The molecule has 1 unspecified atom stereocenters. The summed E-state index contributed by atoms with van der Waals surface area (Å²) < 4.78 is 4.57. The summed E-state index contributed by atoms with van der Waals surface area (Å²) >= 11 is 0. The highest BCUT2D eigenvalue weighted by atomic mass is 16.6. The minimum absolute atomic E-state index is 0.477. The highest BCUT2D eigenvalue weighted by Crippen LogP contribution is 2.14. The monoisotopic (exact) mass is 162 g/mol. The van der Waals surface area contributed by atoms with E-state index in [0.717, 1.165) is 0 Å². The second-order valence-corrected chi connectivity index (χ2v) is 2.30. The second kappa shape index (κ2) is 3.86.